The minimum absolute atomic E-state index is 0.0332. The molecule has 360 valence electrons. The van der Waals surface area contributed by atoms with Gasteiger partial charge in [-0.3, -0.25) is 19.3 Å². The predicted molar refractivity (Wildman–Crippen MR) is 264 cm³/mol. The van der Waals surface area contributed by atoms with Crippen molar-refractivity contribution in [2.75, 3.05) is 51.7 Å². The Morgan fingerprint density at radius 3 is 1.18 bits per heavy atom. The van der Waals surface area contributed by atoms with E-state index in [-0.39, 0.29) is 17.2 Å². The van der Waals surface area contributed by atoms with Crippen LogP contribution < -0.4 is 0 Å². The van der Waals surface area contributed by atoms with E-state index in [1.54, 1.807) is 0 Å². The number of rotatable bonds is 47. The van der Waals surface area contributed by atoms with Crippen molar-refractivity contribution in [2.45, 2.75) is 259 Å². The number of unbranched alkanes of at least 4 members (excludes halogenated alkanes) is 20. The number of hydrogen-bond donors (Lipinski definition) is 0. The Morgan fingerprint density at radius 1 is 0.459 bits per heavy atom. The van der Waals surface area contributed by atoms with Crippen LogP contribution in [-0.4, -0.2) is 78.7 Å². The standard InChI is InChI=1S/C53H102N2O5S/c1-5-9-13-23-33-49(34-24-14-10-6-2)37-31-46-59-51(56)39-27-19-17-21-29-41-55(53(58)61-48-45-54-43-44-54)42-30-22-18-20-28-40-52(57)60-47-32-38-50(35-25-15-11-7-3)36-26-16-12-8-4/h49-50H,5-48H2,1-4H3. The highest BCUT2D eigenvalue weighted by molar-refractivity contribution is 8.13. The molecule has 1 amide bonds. The third-order valence-electron chi connectivity index (χ3n) is 13.0. The molecule has 0 aliphatic carbocycles. The second-order valence-corrected chi connectivity index (χ2v) is 19.9. The summed E-state index contributed by atoms with van der Waals surface area (Å²) in [4.78, 5) is 42.5. The quantitative estimate of drug-likeness (QED) is 0.0342. The number of amides is 1. The first kappa shape index (κ1) is 57.7. The highest BCUT2D eigenvalue weighted by atomic mass is 32.2. The van der Waals surface area contributed by atoms with Crippen molar-refractivity contribution in [1.82, 2.24) is 9.80 Å². The lowest BCUT2D eigenvalue weighted by molar-refractivity contribution is -0.144. The lowest BCUT2D eigenvalue weighted by Gasteiger charge is -2.22. The van der Waals surface area contributed by atoms with Crippen molar-refractivity contribution in [2.24, 2.45) is 11.8 Å². The van der Waals surface area contributed by atoms with E-state index in [1.807, 2.05) is 0 Å². The van der Waals surface area contributed by atoms with Crippen LogP contribution in [0.15, 0.2) is 0 Å². The van der Waals surface area contributed by atoms with Crippen molar-refractivity contribution >= 4 is 28.9 Å². The molecule has 0 saturated carbocycles. The van der Waals surface area contributed by atoms with E-state index in [9.17, 15) is 14.4 Å². The van der Waals surface area contributed by atoms with Crippen molar-refractivity contribution in [3.05, 3.63) is 0 Å². The number of carbonyl (C=O) groups is 3. The Bertz CT molecular complexity index is 908. The van der Waals surface area contributed by atoms with Crippen LogP contribution >= 0.6 is 11.8 Å². The molecule has 1 fully saturated rings. The number of thioether (sulfide) groups is 1. The van der Waals surface area contributed by atoms with Gasteiger partial charge in [0, 0.05) is 51.3 Å². The van der Waals surface area contributed by atoms with E-state index >= 15 is 0 Å². The fourth-order valence-corrected chi connectivity index (χ4v) is 9.60. The molecule has 61 heavy (non-hydrogen) atoms. The third-order valence-corrected chi connectivity index (χ3v) is 13.8. The molecule has 1 rings (SSSR count). The van der Waals surface area contributed by atoms with E-state index in [0.29, 0.717) is 26.1 Å². The topological polar surface area (TPSA) is 75.9 Å². The van der Waals surface area contributed by atoms with Crippen LogP contribution in [0.3, 0.4) is 0 Å². The van der Waals surface area contributed by atoms with Gasteiger partial charge in [0.1, 0.15) is 0 Å². The van der Waals surface area contributed by atoms with Crippen LogP contribution in [0.4, 0.5) is 4.79 Å². The first-order chi connectivity index (χ1) is 29.9. The molecule has 0 spiro atoms. The maximum absolute atomic E-state index is 13.2. The highest BCUT2D eigenvalue weighted by Crippen LogP contribution is 2.25. The summed E-state index contributed by atoms with van der Waals surface area (Å²) in [5, 5.41) is 0.228. The molecule has 0 N–H and O–H groups in total. The van der Waals surface area contributed by atoms with E-state index in [0.717, 1.165) is 114 Å². The van der Waals surface area contributed by atoms with Gasteiger partial charge in [0.25, 0.3) is 5.24 Å². The minimum Gasteiger partial charge on any atom is -0.466 e. The number of hydrogen-bond acceptors (Lipinski definition) is 7. The van der Waals surface area contributed by atoms with Crippen molar-refractivity contribution in [3.8, 4) is 0 Å². The normalized spacial score (nSPS) is 12.8. The third kappa shape index (κ3) is 38.9. The highest BCUT2D eigenvalue weighted by Gasteiger charge is 2.19. The summed E-state index contributed by atoms with van der Waals surface area (Å²) in [6, 6.07) is 0. The molecule has 7 nitrogen and oxygen atoms in total. The average molecular weight is 879 g/mol. The maximum atomic E-state index is 13.2. The summed E-state index contributed by atoms with van der Waals surface area (Å²) in [5.41, 5.74) is 0. The number of esters is 2. The molecular weight excluding hydrogens is 777 g/mol. The maximum Gasteiger partial charge on any atom is 0.305 e. The SMILES string of the molecule is CCCCCCC(CCCCCC)CCCOC(=O)CCCCCCCN(CCCCCCCC(=O)OCCCC(CCCCCC)CCCCCC)C(=O)SCCN1CC1. The Morgan fingerprint density at radius 2 is 0.803 bits per heavy atom. The molecule has 8 heteroatoms. The Hall–Kier alpha value is -1.28. The summed E-state index contributed by atoms with van der Waals surface area (Å²) >= 11 is 1.48. The molecule has 1 saturated heterocycles. The van der Waals surface area contributed by atoms with Crippen molar-refractivity contribution in [1.29, 1.82) is 0 Å². The summed E-state index contributed by atoms with van der Waals surface area (Å²) in [6.07, 6.45) is 42.4. The van der Waals surface area contributed by atoms with Crippen LogP contribution in [-0.2, 0) is 19.1 Å². The monoisotopic (exact) mass is 879 g/mol. The summed E-state index contributed by atoms with van der Waals surface area (Å²) in [7, 11) is 0. The van der Waals surface area contributed by atoms with Crippen LogP contribution in [0.1, 0.15) is 259 Å². The molecule has 0 aromatic rings. The zero-order valence-electron chi connectivity index (χ0n) is 41.1. The van der Waals surface area contributed by atoms with Gasteiger partial charge in [-0.1, -0.05) is 206 Å². The summed E-state index contributed by atoms with van der Waals surface area (Å²) in [6.45, 7) is 15.3. The molecule has 0 radical (unpaired) electrons. The van der Waals surface area contributed by atoms with Crippen molar-refractivity contribution < 1.29 is 23.9 Å². The molecule has 0 aromatic carbocycles. The van der Waals surface area contributed by atoms with Gasteiger partial charge in [-0.15, -0.1) is 0 Å². The van der Waals surface area contributed by atoms with Gasteiger partial charge in [0.2, 0.25) is 0 Å². The zero-order chi connectivity index (χ0) is 44.3. The lowest BCUT2D eigenvalue weighted by atomic mass is 9.91. The summed E-state index contributed by atoms with van der Waals surface area (Å²) < 4.78 is 11.3. The van der Waals surface area contributed by atoms with Crippen LogP contribution in [0.25, 0.3) is 0 Å². The smallest absolute Gasteiger partial charge is 0.305 e. The molecule has 1 aliphatic heterocycles. The van der Waals surface area contributed by atoms with E-state index in [1.165, 1.54) is 166 Å². The molecule has 1 heterocycles. The van der Waals surface area contributed by atoms with Gasteiger partial charge >= 0.3 is 11.9 Å². The number of ether oxygens (including phenoxy) is 2. The van der Waals surface area contributed by atoms with E-state index in [4.69, 9.17) is 9.47 Å². The molecule has 0 bridgehead atoms. The van der Waals surface area contributed by atoms with Gasteiger partial charge in [-0.25, -0.2) is 0 Å². The molecular formula is C53H102N2O5S. The van der Waals surface area contributed by atoms with Gasteiger partial charge in [0.15, 0.2) is 0 Å². The largest absolute Gasteiger partial charge is 0.466 e. The van der Waals surface area contributed by atoms with Crippen LogP contribution in [0, 0.1) is 11.8 Å². The second kappa shape index (κ2) is 43.9. The molecule has 1 aliphatic rings. The first-order valence-corrected chi connectivity index (χ1v) is 27.9. The lowest BCUT2D eigenvalue weighted by Crippen LogP contribution is -2.30. The second-order valence-electron chi connectivity index (χ2n) is 18.8. The first-order valence-electron chi connectivity index (χ1n) is 26.9. The van der Waals surface area contributed by atoms with Gasteiger partial charge in [-0.05, 0) is 63.2 Å². The molecule has 0 unspecified atom stereocenters. The van der Waals surface area contributed by atoms with Crippen molar-refractivity contribution in [3.63, 3.8) is 0 Å². The minimum atomic E-state index is -0.0332. The fourth-order valence-electron chi connectivity index (χ4n) is 8.71. The number of nitrogens with zero attached hydrogens (tertiary/aromatic N) is 2. The Balaban J connectivity index is 2.22. The number of carbonyl (C=O) groups excluding carboxylic acids is 3. The fraction of sp³-hybridized carbons (Fsp3) is 0.943. The van der Waals surface area contributed by atoms with Gasteiger partial charge in [-0.2, -0.15) is 0 Å². The van der Waals surface area contributed by atoms with Crippen LogP contribution in [0.2, 0.25) is 0 Å². The summed E-state index contributed by atoms with van der Waals surface area (Å²) in [5.74, 6) is 2.39. The van der Waals surface area contributed by atoms with Gasteiger partial charge in [0.05, 0.1) is 13.2 Å². The van der Waals surface area contributed by atoms with Crippen LogP contribution in [0.5, 0.6) is 0 Å². The van der Waals surface area contributed by atoms with Gasteiger partial charge < -0.3 is 14.4 Å². The molecule has 0 aromatic heterocycles. The zero-order valence-corrected chi connectivity index (χ0v) is 41.9. The predicted octanol–water partition coefficient (Wildman–Crippen LogP) is 15.9. The molecule has 0 atom stereocenters. The Kier molecular flexibility index (Phi) is 41.6. The average Bonchev–Trinajstić information content (AvgIpc) is 4.09. The van der Waals surface area contributed by atoms with E-state index in [2.05, 4.69) is 37.5 Å². The Labute approximate surface area is 383 Å². The van der Waals surface area contributed by atoms with E-state index < -0.39 is 0 Å².